The van der Waals surface area contributed by atoms with Crippen molar-refractivity contribution in [2.45, 2.75) is 51.7 Å². The van der Waals surface area contributed by atoms with Crippen molar-refractivity contribution in [2.75, 3.05) is 0 Å². The van der Waals surface area contributed by atoms with Gasteiger partial charge in [-0.15, -0.1) is 0 Å². The lowest BCUT2D eigenvalue weighted by Crippen LogP contribution is -2.63. The van der Waals surface area contributed by atoms with E-state index in [-0.39, 0.29) is 12.4 Å². The number of nitrogens with one attached hydrogen (secondary N) is 2. The first-order chi connectivity index (χ1) is 17.2. The van der Waals surface area contributed by atoms with E-state index in [4.69, 9.17) is 11.5 Å². The molecule has 1 fully saturated rings. The number of carboxylic acids is 2. The van der Waals surface area contributed by atoms with Crippen LogP contribution in [-0.4, -0.2) is 80.0 Å². The van der Waals surface area contributed by atoms with E-state index in [0.717, 1.165) is 6.92 Å². The molecule has 0 saturated carbocycles. The molecule has 0 aromatic heterocycles. The molecular weight excluding hydrogens is 490 g/mol. The number of nitrogens with two attached hydrogens (primary N) is 2. The molecule has 0 spiro atoms. The summed E-state index contributed by atoms with van der Waals surface area (Å²) in [5.41, 5.74) is 11.7. The van der Waals surface area contributed by atoms with Gasteiger partial charge in [-0.25, -0.2) is 19.6 Å². The van der Waals surface area contributed by atoms with Crippen LogP contribution >= 0.6 is 0 Å². The second-order valence-corrected chi connectivity index (χ2v) is 8.62. The summed E-state index contributed by atoms with van der Waals surface area (Å²) in [7, 11) is 0. The van der Waals surface area contributed by atoms with E-state index in [1.54, 1.807) is 24.3 Å². The van der Waals surface area contributed by atoms with E-state index >= 15 is 0 Å². The second-order valence-electron chi connectivity index (χ2n) is 8.62. The summed E-state index contributed by atoms with van der Waals surface area (Å²) in [6.07, 6.45) is -0.927. The molecule has 3 atom stereocenters. The highest BCUT2D eigenvalue weighted by Gasteiger charge is 2.49. The van der Waals surface area contributed by atoms with Crippen molar-refractivity contribution >= 4 is 47.3 Å². The fraction of sp³-hybridized carbons (Fsp3) is 0.409. The van der Waals surface area contributed by atoms with Crippen LogP contribution in [0.4, 0.5) is 10.5 Å². The molecule has 1 aliphatic heterocycles. The number of carbonyl (C=O) groups excluding carboxylic acids is 4. The Bertz CT molecular complexity index is 1100. The van der Waals surface area contributed by atoms with Crippen LogP contribution in [0.5, 0.6) is 0 Å². The van der Waals surface area contributed by atoms with Crippen molar-refractivity contribution in [3.63, 3.8) is 0 Å². The number of amides is 5. The summed E-state index contributed by atoms with van der Waals surface area (Å²) in [5.74, 6) is -6.92. The average molecular weight is 520 g/mol. The van der Waals surface area contributed by atoms with Gasteiger partial charge in [0.25, 0.3) is 11.8 Å². The number of urea groups is 1. The van der Waals surface area contributed by atoms with Gasteiger partial charge < -0.3 is 32.3 Å². The molecule has 15 heteroatoms. The van der Waals surface area contributed by atoms with E-state index in [2.05, 4.69) is 15.6 Å². The van der Waals surface area contributed by atoms with Crippen molar-refractivity contribution in [1.29, 1.82) is 0 Å². The Balaban J connectivity index is 2.44. The highest BCUT2D eigenvalue weighted by molar-refractivity contribution is 6.06. The zero-order chi connectivity index (χ0) is 28.0. The lowest BCUT2D eigenvalue weighted by molar-refractivity contribution is -0.172. The highest BCUT2D eigenvalue weighted by Crippen LogP contribution is 2.23. The van der Waals surface area contributed by atoms with Crippen LogP contribution in [0.15, 0.2) is 29.3 Å². The third-order valence-corrected chi connectivity index (χ3v) is 5.27. The molecule has 0 bridgehead atoms. The number of rotatable bonds is 11. The Hall–Kier alpha value is -4.69. The smallest absolute Gasteiger partial charge is 0.344 e. The second kappa shape index (κ2) is 11.8. The summed E-state index contributed by atoms with van der Waals surface area (Å²) < 4.78 is 0. The maximum Gasteiger partial charge on any atom is 0.344 e. The van der Waals surface area contributed by atoms with Crippen LogP contribution in [0.1, 0.15) is 32.8 Å². The van der Waals surface area contributed by atoms with Gasteiger partial charge in [0.05, 0.1) is 12.1 Å². The van der Waals surface area contributed by atoms with Crippen molar-refractivity contribution < 1.29 is 39.0 Å². The van der Waals surface area contributed by atoms with Crippen LogP contribution in [0.2, 0.25) is 0 Å². The molecule has 200 valence electrons. The van der Waals surface area contributed by atoms with Crippen LogP contribution in [-0.2, 0) is 30.4 Å². The first-order valence-corrected chi connectivity index (χ1v) is 11.1. The van der Waals surface area contributed by atoms with Gasteiger partial charge in [-0.05, 0) is 23.6 Å². The number of imide groups is 1. The number of nitrogens with zero attached hydrogens (tertiary/aromatic N) is 3. The number of hydrazine groups is 1. The Morgan fingerprint density at radius 1 is 1.14 bits per heavy atom. The molecule has 0 radical (unpaired) electrons. The van der Waals surface area contributed by atoms with Gasteiger partial charge in [0.15, 0.2) is 12.0 Å². The molecule has 1 aliphatic rings. The van der Waals surface area contributed by atoms with E-state index < -0.39 is 66.2 Å². The summed E-state index contributed by atoms with van der Waals surface area (Å²) in [5, 5.41) is 24.4. The maximum absolute atomic E-state index is 13.4. The Morgan fingerprint density at radius 3 is 2.19 bits per heavy atom. The predicted octanol–water partition coefficient (Wildman–Crippen LogP) is -1.11. The first kappa shape index (κ1) is 28.5. The molecule has 8 N–H and O–H groups in total. The Labute approximate surface area is 211 Å². The van der Waals surface area contributed by atoms with E-state index in [0.29, 0.717) is 21.3 Å². The van der Waals surface area contributed by atoms with Gasteiger partial charge in [-0.1, -0.05) is 26.0 Å². The number of benzene rings is 1. The Kier molecular flexibility index (Phi) is 9.13. The van der Waals surface area contributed by atoms with Gasteiger partial charge in [-0.2, -0.15) is 5.01 Å². The molecule has 15 nitrogen and oxygen atoms in total. The van der Waals surface area contributed by atoms with E-state index in [9.17, 15) is 39.0 Å². The average Bonchev–Trinajstić information content (AvgIpc) is 3.03. The van der Waals surface area contributed by atoms with Gasteiger partial charge in [-0.3, -0.25) is 19.2 Å². The maximum atomic E-state index is 13.4. The molecule has 1 aromatic rings. The molecule has 0 aliphatic carbocycles. The third-order valence-electron chi connectivity index (χ3n) is 5.27. The quantitative estimate of drug-likeness (QED) is 0.117. The number of hydrogen-bond acceptors (Lipinski definition) is 7. The van der Waals surface area contributed by atoms with Gasteiger partial charge in [0.2, 0.25) is 5.91 Å². The van der Waals surface area contributed by atoms with E-state index in [1.807, 2.05) is 0 Å². The molecule has 1 saturated heterocycles. The van der Waals surface area contributed by atoms with Gasteiger partial charge in [0, 0.05) is 13.3 Å². The third kappa shape index (κ3) is 7.16. The largest absolute Gasteiger partial charge is 0.481 e. The fourth-order valence-electron chi connectivity index (χ4n) is 3.77. The summed E-state index contributed by atoms with van der Waals surface area (Å²) >= 11 is 0. The zero-order valence-electron chi connectivity index (χ0n) is 20.4. The SMILES string of the molecule is CC(=O)N[C@@H](CC(=O)O)C(=O)N([C@H](C(=O)O)C(C)C)N1C(=O)N[C@@H](Cc2ccc(N=C(N)N)cc2)C1=O. The summed E-state index contributed by atoms with van der Waals surface area (Å²) in [6, 6.07) is 0.658. The number of aliphatic imine (C=N–C) groups is 1. The van der Waals surface area contributed by atoms with Crippen molar-refractivity contribution in [3.05, 3.63) is 29.8 Å². The lowest BCUT2D eigenvalue weighted by Gasteiger charge is -2.37. The van der Waals surface area contributed by atoms with Crippen molar-refractivity contribution in [1.82, 2.24) is 20.7 Å². The number of carboxylic acid groups (broad SMARTS) is 2. The van der Waals surface area contributed by atoms with Crippen LogP contribution < -0.4 is 22.1 Å². The topological polar surface area (TPSA) is 238 Å². The monoisotopic (exact) mass is 519 g/mol. The zero-order valence-corrected chi connectivity index (χ0v) is 20.4. The Morgan fingerprint density at radius 2 is 1.73 bits per heavy atom. The molecule has 1 heterocycles. The number of hydrogen-bond donors (Lipinski definition) is 6. The van der Waals surface area contributed by atoms with Gasteiger partial charge in [0.1, 0.15) is 12.1 Å². The minimum Gasteiger partial charge on any atom is -0.481 e. The number of guanidine groups is 1. The van der Waals surface area contributed by atoms with Crippen LogP contribution in [0.25, 0.3) is 0 Å². The molecular formula is C22H29N7O8. The normalized spacial score (nSPS) is 16.5. The van der Waals surface area contributed by atoms with Crippen LogP contribution in [0, 0.1) is 5.92 Å². The van der Waals surface area contributed by atoms with Crippen molar-refractivity contribution in [3.8, 4) is 0 Å². The number of aliphatic carboxylic acids is 2. The first-order valence-electron chi connectivity index (χ1n) is 11.1. The molecule has 1 aromatic carbocycles. The van der Waals surface area contributed by atoms with Crippen molar-refractivity contribution in [2.24, 2.45) is 22.4 Å². The predicted molar refractivity (Wildman–Crippen MR) is 128 cm³/mol. The molecule has 2 rings (SSSR count). The van der Waals surface area contributed by atoms with Gasteiger partial charge >= 0.3 is 18.0 Å². The standard InChI is InChI=1S/C22H29N7O8/c1-10(2)17(20(35)36)28(18(33)15(9-16(31)32)25-11(3)30)29-19(34)14(27-22(29)37)8-12-4-6-13(7-5-12)26-21(23)24/h4-7,10,14-15,17H,8-9H2,1-3H3,(H,25,30)(H,27,37)(H,31,32)(H,35,36)(H4,23,24,26)/t14-,15-,17-/m0/s1. The minimum absolute atomic E-state index is 0.0190. The fourth-order valence-corrected chi connectivity index (χ4v) is 3.77. The molecule has 5 amide bonds. The summed E-state index contributed by atoms with van der Waals surface area (Å²) in [6.45, 7) is 3.92. The minimum atomic E-state index is -1.74. The lowest BCUT2D eigenvalue weighted by atomic mass is 10.0. The summed E-state index contributed by atoms with van der Waals surface area (Å²) in [4.78, 5) is 78.5. The van der Waals surface area contributed by atoms with E-state index in [1.165, 1.54) is 13.8 Å². The van der Waals surface area contributed by atoms with Crippen LogP contribution in [0.3, 0.4) is 0 Å². The molecule has 0 unspecified atom stereocenters. The highest BCUT2D eigenvalue weighted by atomic mass is 16.4. The number of carbonyl (C=O) groups is 6. The molecule has 37 heavy (non-hydrogen) atoms.